The van der Waals surface area contributed by atoms with Gasteiger partial charge in [0, 0.05) is 17.5 Å². The van der Waals surface area contributed by atoms with Crippen LogP contribution in [0.2, 0.25) is 5.02 Å². The minimum atomic E-state index is -0.186. The molecule has 3 rings (SSSR count). The van der Waals surface area contributed by atoms with E-state index in [-0.39, 0.29) is 17.9 Å². The Morgan fingerprint density at radius 3 is 2.57 bits per heavy atom. The van der Waals surface area contributed by atoms with Crippen LogP contribution in [0.3, 0.4) is 0 Å². The maximum atomic E-state index is 13.3. The predicted molar refractivity (Wildman–Crippen MR) is 112 cm³/mol. The Morgan fingerprint density at radius 2 is 1.93 bits per heavy atom. The summed E-state index contributed by atoms with van der Waals surface area (Å²) in [5.41, 5.74) is 3.26. The van der Waals surface area contributed by atoms with Gasteiger partial charge in [0.25, 0.3) is 0 Å². The molecule has 2 aromatic rings. The van der Waals surface area contributed by atoms with Gasteiger partial charge in [0.15, 0.2) is 11.5 Å². The monoisotopic (exact) mass is 401 g/mol. The summed E-state index contributed by atoms with van der Waals surface area (Å²) in [5, 5.41) is 0.666. The van der Waals surface area contributed by atoms with E-state index in [0.717, 1.165) is 30.4 Å². The fraction of sp³-hybridized carbons (Fsp3) is 0.435. The van der Waals surface area contributed by atoms with Crippen LogP contribution in [-0.2, 0) is 11.2 Å². The number of carbonyl (C=O) groups is 1. The van der Waals surface area contributed by atoms with Crippen LogP contribution < -0.4 is 9.47 Å². The van der Waals surface area contributed by atoms with E-state index in [1.807, 2.05) is 48.2 Å². The molecule has 2 atom stereocenters. The highest BCUT2D eigenvalue weighted by Crippen LogP contribution is 2.42. The molecule has 0 aliphatic carbocycles. The Balaban J connectivity index is 2.13. The van der Waals surface area contributed by atoms with Crippen LogP contribution in [0.1, 0.15) is 49.4 Å². The molecular weight excluding hydrogens is 374 g/mol. The van der Waals surface area contributed by atoms with Gasteiger partial charge in [-0.15, -0.1) is 0 Å². The lowest BCUT2D eigenvalue weighted by Gasteiger charge is -2.39. The second-order valence-corrected chi connectivity index (χ2v) is 7.77. The summed E-state index contributed by atoms with van der Waals surface area (Å²) >= 11 is 6.29. The molecule has 1 aliphatic heterocycles. The number of nitrogens with zero attached hydrogens (tertiary/aromatic N) is 1. The average molecular weight is 402 g/mol. The van der Waals surface area contributed by atoms with Crippen molar-refractivity contribution in [2.45, 2.75) is 39.2 Å². The maximum absolute atomic E-state index is 13.3. The molecular formula is C23H28ClNO3. The third kappa shape index (κ3) is 3.97. The minimum Gasteiger partial charge on any atom is -0.493 e. The number of fused-ring (bicyclic) bond motifs is 1. The van der Waals surface area contributed by atoms with E-state index < -0.39 is 0 Å². The number of hydrogen-bond acceptors (Lipinski definition) is 3. The number of hydrogen-bond donors (Lipinski definition) is 0. The summed E-state index contributed by atoms with van der Waals surface area (Å²) in [7, 11) is 3.28. The lowest BCUT2D eigenvalue weighted by molar-refractivity contribution is -0.137. The first kappa shape index (κ1) is 20.5. The van der Waals surface area contributed by atoms with Crippen LogP contribution in [0.4, 0.5) is 0 Å². The molecule has 0 N–H and O–H groups in total. The number of benzene rings is 2. The van der Waals surface area contributed by atoms with Gasteiger partial charge in [-0.2, -0.15) is 0 Å². The highest BCUT2D eigenvalue weighted by molar-refractivity contribution is 6.30. The summed E-state index contributed by atoms with van der Waals surface area (Å²) in [6.07, 6.45) is 2.66. The molecule has 1 aliphatic rings. The third-order valence-corrected chi connectivity index (χ3v) is 5.70. The van der Waals surface area contributed by atoms with Gasteiger partial charge >= 0.3 is 0 Å². The standard InChI is InChI=1S/C23H28ClNO3/c1-5-7-15(2)23(26)25-11-10-16-13-20(27-3)21(28-4)14-19(16)22(25)17-8-6-9-18(24)12-17/h6,8-9,12-15,22H,5,7,10-11H2,1-4H3/t15-,22-/m1/s1. The van der Waals surface area contributed by atoms with Crippen molar-refractivity contribution in [3.05, 3.63) is 58.1 Å². The van der Waals surface area contributed by atoms with Crippen LogP contribution in [0.25, 0.3) is 0 Å². The number of carbonyl (C=O) groups excluding carboxylic acids is 1. The summed E-state index contributed by atoms with van der Waals surface area (Å²) in [6.45, 7) is 4.80. The van der Waals surface area contributed by atoms with Gasteiger partial charge in [-0.05, 0) is 53.8 Å². The lowest BCUT2D eigenvalue weighted by atomic mass is 9.86. The van der Waals surface area contributed by atoms with Crippen molar-refractivity contribution >= 4 is 17.5 Å². The first-order valence-corrected chi connectivity index (χ1v) is 10.2. The molecule has 0 spiro atoms. The summed E-state index contributed by atoms with van der Waals surface area (Å²) < 4.78 is 11.0. The molecule has 1 amide bonds. The Morgan fingerprint density at radius 1 is 1.21 bits per heavy atom. The smallest absolute Gasteiger partial charge is 0.226 e. The molecule has 0 saturated carbocycles. The first-order valence-electron chi connectivity index (χ1n) is 9.80. The van der Waals surface area contributed by atoms with Gasteiger partial charge in [0.1, 0.15) is 0 Å². The van der Waals surface area contributed by atoms with Crippen molar-refractivity contribution < 1.29 is 14.3 Å². The van der Waals surface area contributed by atoms with Gasteiger partial charge in [0.05, 0.1) is 20.3 Å². The normalized spacial score (nSPS) is 17.0. The number of rotatable bonds is 6. The zero-order chi connectivity index (χ0) is 20.3. The highest BCUT2D eigenvalue weighted by atomic mass is 35.5. The minimum absolute atomic E-state index is 0.00613. The second-order valence-electron chi connectivity index (χ2n) is 7.33. The molecule has 0 saturated heterocycles. The topological polar surface area (TPSA) is 38.8 Å². The molecule has 150 valence electrons. The largest absolute Gasteiger partial charge is 0.493 e. The molecule has 0 aromatic heterocycles. The zero-order valence-corrected chi connectivity index (χ0v) is 17.8. The van der Waals surface area contributed by atoms with E-state index in [1.54, 1.807) is 14.2 Å². The van der Waals surface area contributed by atoms with Crippen molar-refractivity contribution in [2.24, 2.45) is 5.92 Å². The van der Waals surface area contributed by atoms with Crippen LogP contribution in [0, 0.1) is 5.92 Å². The van der Waals surface area contributed by atoms with Gasteiger partial charge in [-0.3, -0.25) is 4.79 Å². The number of ether oxygens (including phenoxy) is 2. The van der Waals surface area contributed by atoms with Gasteiger partial charge in [-0.1, -0.05) is 44.0 Å². The summed E-state index contributed by atoms with van der Waals surface area (Å²) in [4.78, 5) is 15.3. The Bertz CT molecular complexity index is 852. The van der Waals surface area contributed by atoms with Crippen LogP contribution in [0.15, 0.2) is 36.4 Å². The SMILES string of the molecule is CCC[C@@H](C)C(=O)N1CCc2cc(OC)c(OC)cc2[C@H]1c1cccc(Cl)c1. The molecule has 28 heavy (non-hydrogen) atoms. The molecule has 2 aromatic carbocycles. The molecule has 0 fully saturated rings. The van der Waals surface area contributed by atoms with Crippen LogP contribution in [-0.4, -0.2) is 31.6 Å². The van der Waals surface area contributed by atoms with Gasteiger partial charge in [-0.25, -0.2) is 0 Å². The Hall–Kier alpha value is -2.20. The zero-order valence-electron chi connectivity index (χ0n) is 17.0. The number of amides is 1. The Kier molecular flexibility index (Phi) is 6.50. The third-order valence-electron chi connectivity index (χ3n) is 5.46. The molecule has 0 bridgehead atoms. The molecule has 0 radical (unpaired) electrons. The quantitative estimate of drug-likeness (QED) is 0.662. The van der Waals surface area contributed by atoms with E-state index in [0.29, 0.717) is 23.1 Å². The van der Waals surface area contributed by atoms with E-state index in [9.17, 15) is 4.79 Å². The van der Waals surface area contributed by atoms with Crippen LogP contribution in [0.5, 0.6) is 11.5 Å². The fourth-order valence-electron chi connectivity index (χ4n) is 4.06. The van der Waals surface area contributed by atoms with Crippen molar-refractivity contribution in [2.75, 3.05) is 20.8 Å². The van der Waals surface area contributed by atoms with Crippen molar-refractivity contribution in [3.63, 3.8) is 0 Å². The molecule has 5 heteroatoms. The van der Waals surface area contributed by atoms with E-state index in [2.05, 4.69) is 6.92 Å². The van der Waals surface area contributed by atoms with Crippen molar-refractivity contribution in [3.8, 4) is 11.5 Å². The average Bonchev–Trinajstić information content (AvgIpc) is 2.71. The number of methoxy groups -OCH3 is 2. The van der Waals surface area contributed by atoms with E-state index >= 15 is 0 Å². The van der Waals surface area contributed by atoms with Crippen molar-refractivity contribution in [1.29, 1.82) is 0 Å². The molecule has 0 unspecified atom stereocenters. The first-order chi connectivity index (χ1) is 13.5. The summed E-state index contributed by atoms with van der Waals surface area (Å²) in [5.74, 6) is 1.56. The predicted octanol–water partition coefficient (Wildman–Crippen LogP) is 5.27. The molecule has 4 nitrogen and oxygen atoms in total. The van der Waals surface area contributed by atoms with Crippen LogP contribution >= 0.6 is 11.6 Å². The fourth-order valence-corrected chi connectivity index (χ4v) is 4.26. The molecule has 1 heterocycles. The number of halogens is 1. The Labute approximate surface area is 172 Å². The second kappa shape index (κ2) is 8.87. The maximum Gasteiger partial charge on any atom is 0.226 e. The summed E-state index contributed by atoms with van der Waals surface area (Å²) in [6, 6.07) is 11.6. The van der Waals surface area contributed by atoms with E-state index in [1.165, 1.54) is 5.56 Å². The van der Waals surface area contributed by atoms with Gasteiger partial charge < -0.3 is 14.4 Å². The highest BCUT2D eigenvalue weighted by Gasteiger charge is 2.34. The lowest BCUT2D eigenvalue weighted by Crippen LogP contribution is -2.43. The van der Waals surface area contributed by atoms with Crippen molar-refractivity contribution in [1.82, 2.24) is 4.90 Å². The van der Waals surface area contributed by atoms with Gasteiger partial charge in [0.2, 0.25) is 5.91 Å². The van der Waals surface area contributed by atoms with E-state index in [4.69, 9.17) is 21.1 Å².